The molecule has 0 saturated heterocycles. The number of pyridine rings is 1. The zero-order valence-electron chi connectivity index (χ0n) is 24.4. The summed E-state index contributed by atoms with van der Waals surface area (Å²) in [7, 11) is 0. The molecule has 2 aromatic carbocycles. The van der Waals surface area contributed by atoms with E-state index in [9.17, 15) is 9.90 Å². The minimum Gasteiger partial charge on any atom is -0.490 e. The molecule has 2 aromatic heterocycles. The number of nitrogens with two attached hydrogens (primary N) is 1. The molecule has 2 aliphatic rings. The van der Waals surface area contributed by atoms with Crippen LogP contribution in [0.15, 0.2) is 73.1 Å². The largest absolute Gasteiger partial charge is 0.490 e. The van der Waals surface area contributed by atoms with Crippen molar-refractivity contribution in [3.63, 3.8) is 0 Å². The summed E-state index contributed by atoms with van der Waals surface area (Å²) < 4.78 is 13.6. The predicted molar refractivity (Wildman–Crippen MR) is 163 cm³/mol. The Morgan fingerprint density at radius 2 is 1.83 bits per heavy atom. The summed E-state index contributed by atoms with van der Waals surface area (Å²) in [4.78, 5) is 12.8. The smallest absolute Gasteiger partial charge is 0.224 e. The van der Waals surface area contributed by atoms with Gasteiger partial charge in [-0.1, -0.05) is 36.4 Å². The van der Waals surface area contributed by atoms with E-state index in [0.717, 1.165) is 48.9 Å². The van der Waals surface area contributed by atoms with E-state index in [0.29, 0.717) is 17.7 Å². The zero-order valence-corrected chi connectivity index (χ0v) is 24.4. The summed E-state index contributed by atoms with van der Waals surface area (Å²) in [6.07, 6.45) is 8.99. The Labute approximate surface area is 246 Å². The molecule has 8 heteroatoms. The van der Waals surface area contributed by atoms with E-state index in [4.69, 9.17) is 15.2 Å². The molecule has 2 heterocycles. The Morgan fingerprint density at radius 1 is 1.07 bits per heavy atom. The molecule has 8 nitrogen and oxygen atoms in total. The first-order valence-electron chi connectivity index (χ1n) is 14.8. The highest BCUT2D eigenvalue weighted by molar-refractivity contribution is 5.81. The first kappa shape index (κ1) is 28.2. The number of carbonyl (C=O) groups excluding carboxylic acids is 1. The molecule has 2 fully saturated rings. The van der Waals surface area contributed by atoms with Gasteiger partial charge in [-0.05, 0) is 98.9 Å². The van der Waals surface area contributed by atoms with Gasteiger partial charge in [-0.25, -0.2) is 4.52 Å². The first-order valence-corrected chi connectivity index (χ1v) is 14.8. The molecule has 42 heavy (non-hydrogen) atoms. The van der Waals surface area contributed by atoms with E-state index in [1.165, 1.54) is 16.7 Å². The van der Waals surface area contributed by atoms with Gasteiger partial charge in [-0.15, -0.1) is 0 Å². The number of hydrogen-bond acceptors (Lipinski definition) is 6. The molecule has 6 rings (SSSR count). The van der Waals surface area contributed by atoms with Crippen molar-refractivity contribution < 1.29 is 19.4 Å². The van der Waals surface area contributed by atoms with Crippen molar-refractivity contribution in [1.29, 1.82) is 0 Å². The Bertz CT molecular complexity index is 1540. The van der Waals surface area contributed by atoms with Crippen LogP contribution in [0.4, 0.5) is 0 Å². The lowest BCUT2D eigenvalue weighted by molar-refractivity contribution is -0.126. The number of benzene rings is 2. The molecule has 220 valence electrons. The summed E-state index contributed by atoms with van der Waals surface area (Å²) >= 11 is 0. The quantitative estimate of drug-likeness (QED) is 0.242. The van der Waals surface area contributed by atoms with Crippen molar-refractivity contribution in [3.8, 4) is 22.6 Å². The van der Waals surface area contributed by atoms with E-state index in [1.807, 2.05) is 12.1 Å². The lowest BCUT2D eigenvalue weighted by atomic mass is 9.53. The van der Waals surface area contributed by atoms with Crippen LogP contribution in [0.2, 0.25) is 0 Å². The summed E-state index contributed by atoms with van der Waals surface area (Å²) in [5.41, 5.74) is 10.5. The minimum absolute atomic E-state index is 0.0212. The molecule has 2 saturated carbocycles. The van der Waals surface area contributed by atoms with Gasteiger partial charge in [-0.2, -0.15) is 5.10 Å². The van der Waals surface area contributed by atoms with Crippen LogP contribution in [0.1, 0.15) is 50.7 Å². The summed E-state index contributed by atoms with van der Waals surface area (Å²) in [5, 5.41) is 17.5. The Kier molecular flexibility index (Phi) is 7.68. The lowest BCUT2D eigenvalue weighted by Crippen LogP contribution is -2.58. The zero-order chi connectivity index (χ0) is 29.3. The van der Waals surface area contributed by atoms with Gasteiger partial charge < -0.3 is 25.6 Å². The van der Waals surface area contributed by atoms with Crippen molar-refractivity contribution in [2.24, 2.45) is 11.1 Å². The van der Waals surface area contributed by atoms with E-state index in [-0.39, 0.29) is 31.1 Å². The van der Waals surface area contributed by atoms with E-state index in [2.05, 4.69) is 58.9 Å². The summed E-state index contributed by atoms with van der Waals surface area (Å²) in [6.45, 7) is 4.23. The van der Waals surface area contributed by atoms with Crippen LogP contribution in [0.3, 0.4) is 0 Å². The van der Waals surface area contributed by atoms with Crippen molar-refractivity contribution in [2.75, 3.05) is 13.2 Å². The van der Waals surface area contributed by atoms with Crippen LogP contribution >= 0.6 is 0 Å². The molecule has 0 atom stereocenters. The summed E-state index contributed by atoms with van der Waals surface area (Å²) in [5.74, 6) is 1.55. The maximum atomic E-state index is 12.8. The number of amides is 1. The van der Waals surface area contributed by atoms with Gasteiger partial charge in [0.2, 0.25) is 5.91 Å². The van der Waals surface area contributed by atoms with Crippen LogP contribution in [-0.2, 0) is 17.6 Å². The maximum Gasteiger partial charge on any atom is 0.224 e. The normalized spacial score (nSPS) is 21.5. The number of aliphatic hydroxyl groups is 1. The number of ether oxygens (including phenoxy) is 2. The molecule has 0 radical (unpaired) electrons. The Hall–Kier alpha value is -3.88. The number of carbonyl (C=O) groups is 1. The van der Waals surface area contributed by atoms with Gasteiger partial charge in [0, 0.05) is 11.6 Å². The van der Waals surface area contributed by atoms with Gasteiger partial charge in [0.15, 0.2) is 0 Å². The third-order valence-electron chi connectivity index (χ3n) is 8.41. The van der Waals surface area contributed by atoms with Crippen molar-refractivity contribution in [2.45, 2.75) is 70.1 Å². The second-order valence-electron chi connectivity index (χ2n) is 12.7. The number of aromatic nitrogens is 2. The average molecular weight is 569 g/mol. The van der Waals surface area contributed by atoms with Crippen LogP contribution in [0.5, 0.6) is 11.5 Å². The maximum absolute atomic E-state index is 12.8. The number of nitrogens with one attached hydrogen (secondary N) is 1. The highest BCUT2D eigenvalue weighted by atomic mass is 16.5. The van der Waals surface area contributed by atoms with Gasteiger partial charge in [0.25, 0.3) is 0 Å². The number of fused-ring (bicyclic) bond motifs is 1. The SMILES string of the molecule is CC(C)(O)COc1ccc2c(CC(=O)NC3CC4(C3)CC(Oc3ccc(-c5cccc(CCN)c5)cc3)C4)cnn2c1. The second-order valence-corrected chi connectivity index (χ2v) is 12.7. The molecular formula is C34H40N4O4. The molecule has 4 N–H and O–H groups in total. The van der Waals surface area contributed by atoms with E-state index < -0.39 is 5.60 Å². The van der Waals surface area contributed by atoms with Crippen LogP contribution in [-0.4, -0.2) is 51.5 Å². The van der Waals surface area contributed by atoms with Crippen LogP contribution < -0.4 is 20.5 Å². The van der Waals surface area contributed by atoms with E-state index >= 15 is 0 Å². The first-order chi connectivity index (χ1) is 20.2. The average Bonchev–Trinajstić information content (AvgIpc) is 3.31. The lowest BCUT2D eigenvalue weighted by Gasteiger charge is -2.57. The molecule has 1 spiro atoms. The molecule has 2 aliphatic carbocycles. The fourth-order valence-electron chi connectivity index (χ4n) is 6.35. The fourth-order valence-corrected chi connectivity index (χ4v) is 6.35. The highest BCUT2D eigenvalue weighted by Gasteiger charge is 2.54. The monoisotopic (exact) mass is 568 g/mol. The minimum atomic E-state index is -0.916. The van der Waals surface area contributed by atoms with Crippen molar-refractivity contribution in [3.05, 3.63) is 84.2 Å². The molecule has 0 aliphatic heterocycles. The van der Waals surface area contributed by atoms with Gasteiger partial charge in [0.1, 0.15) is 18.1 Å². The van der Waals surface area contributed by atoms with Crippen LogP contribution in [0, 0.1) is 5.41 Å². The third-order valence-corrected chi connectivity index (χ3v) is 8.41. The van der Waals surface area contributed by atoms with Gasteiger partial charge in [-0.3, -0.25) is 4.79 Å². The molecule has 0 bridgehead atoms. The molecular weight excluding hydrogens is 528 g/mol. The van der Waals surface area contributed by atoms with E-state index in [1.54, 1.807) is 30.8 Å². The van der Waals surface area contributed by atoms with Gasteiger partial charge in [0.05, 0.1) is 36.0 Å². The summed E-state index contributed by atoms with van der Waals surface area (Å²) in [6, 6.07) is 20.8. The number of nitrogens with zero attached hydrogens (tertiary/aromatic N) is 2. The molecule has 1 amide bonds. The highest BCUT2D eigenvalue weighted by Crippen LogP contribution is 2.56. The second kappa shape index (κ2) is 11.4. The molecule has 4 aromatic rings. The Balaban J connectivity index is 0.941. The standard InChI is InChI=1S/C34H40N4O4/c1-33(2,40)22-41-29-10-11-31-26(20-36-38(31)21-29)15-32(39)37-27-16-34(17-27)18-30(19-34)42-28-8-6-24(7-9-28)25-5-3-4-23(14-25)12-13-35/h3-11,14,20-21,27,30,40H,12-13,15-19,22,35H2,1-2H3,(H,37,39). The number of rotatable bonds is 11. The Morgan fingerprint density at radius 3 is 2.57 bits per heavy atom. The topological polar surface area (TPSA) is 111 Å². The van der Waals surface area contributed by atoms with Gasteiger partial charge >= 0.3 is 0 Å². The van der Waals surface area contributed by atoms with Crippen molar-refractivity contribution in [1.82, 2.24) is 14.9 Å². The third kappa shape index (κ3) is 6.45. The van der Waals surface area contributed by atoms with Crippen LogP contribution in [0.25, 0.3) is 16.6 Å². The molecule has 0 unspecified atom stereocenters. The predicted octanol–water partition coefficient (Wildman–Crippen LogP) is 4.70. The van der Waals surface area contributed by atoms with Crippen molar-refractivity contribution >= 4 is 11.4 Å². The number of hydrogen-bond donors (Lipinski definition) is 3. The fraction of sp³-hybridized carbons (Fsp3) is 0.412.